The molecule has 2 fully saturated rings. The van der Waals surface area contributed by atoms with Crippen LogP contribution in [0.2, 0.25) is 0 Å². The molecule has 2 aliphatic heterocycles. The molecule has 0 aromatic carbocycles. The van der Waals surface area contributed by atoms with Crippen LogP contribution in [0.25, 0.3) is 0 Å². The zero-order valence-electron chi connectivity index (χ0n) is 16.3. The van der Waals surface area contributed by atoms with Gasteiger partial charge in [-0.3, -0.25) is 4.57 Å². The predicted molar refractivity (Wildman–Crippen MR) is 104 cm³/mol. The highest BCUT2D eigenvalue weighted by atomic mass is 32.7. The molecular formula is C16H28B2O7PS-. The maximum Gasteiger partial charge on any atom is 0.192 e. The smallest absolute Gasteiger partial charge is 0.192 e. The van der Waals surface area contributed by atoms with Gasteiger partial charge in [-0.1, -0.05) is 11.4 Å². The van der Waals surface area contributed by atoms with E-state index in [0.29, 0.717) is 12.8 Å². The molecule has 7 atom stereocenters. The first-order valence-corrected chi connectivity index (χ1v) is 12.3. The second kappa shape index (κ2) is 10.5. The standard InChI is InChI=1S/C16H29B2O7PS/c1-9(2)21-7-13-14(6-16(18)25-13)27-26(19,20)22-8-12-11(23-10(3)4)5-15(17)24-12/h9-16H,5-8H2,1-4H3,(H,19,20)/p-1. The van der Waals surface area contributed by atoms with Gasteiger partial charge in [-0.05, 0) is 40.5 Å². The lowest BCUT2D eigenvalue weighted by Crippen LogP contribution is -2.31. The molecule has 2 saturated heterocycles. The molecule has 2 rings (SSSR count). The first-order chi connectivity index (χ1) is 12.6. The van der Waals surface area contributed by atoms with Crippen LogP contribution in [0, 0.1) is 0 Å². The second-order valence-electron chi connectivity index (χ2n) is 7.39. The SMILES string of the molecule is [B]C1CC(OC(C)C)C(COP(=O)([O-])SC2CC([B])OC2COC(C)C)O1. The average molecular weight is 417 g/mol. The summed E-state index contributed by atoms with van der Waals surface area (Å²) in [6.45, 7) is 3.58. The molecule has 0 bridgehead atoms. The fraction of sp³-hybridized carbons (Fsp3) is 1.00. The third kappa shape index (κ3) is 8.01. The van der Waals surface area contributed by atoms with Crippen molar-refractivity contribution in [1.82, 2.24) is 0 Å². The van der Waals surface area contributed by atoms with Gasteiger partial charge < -0.3 is 28.4 Å². The Hall–Kier alpha value is 0.470. The maximum absolute atomic E-state index is 12.4. The van der Waals surface area contributed by atoms with Crippen molar-refractivity contribution < 1.29 is 32.9 Å². The minimum Gasteiger partial charge on any atom is -0.770 e. The minimum atomic E-state index is -4.19. The van der Waals surface area contributed by atoms with E-state index in [1.807, 2.05) is 27.7 Å². The summed E-state index contributed by atoms with van der Waals surface area (Å²) in [5, 5.41) is -0.350. The number of rotatable bonds is 10. The van der Waals surface area contributed by atoms with Crippen LogP contribution in [-0.2, 0) is 28.0 Å². The molecule has 0 aromatic heterocycles. The molecule has 0 aromatic rings. The van der Waals surface area contributed by atoms with Gasteiger partial charge in [-0.15, -0.1) is 0 Å². The van der Waals surface area contributed by atoms with Crippen molar-refractivity contribution in [2.45, 2.75) is 88.3 Å². The fourth-order valence-electron chi connectivity index (χ4n) is 3.04. The van der Waals surface area contributed by atoms with Crippen LogP contribution in [0.5, 0.6) is 0 Å². The van der Waals surface area contributed by atoms with Gasteiger partial charge in [0.2, 0.25) is 0 Å². The Bertz CT molecular complexity index is 513. The van der Waals surface area contributed by atoms with E-state index < -0.39 is 31.0 Å². The minimum absolute atomic E-state index is 0.0151. The third-order valence-electron chi connectivity index (χ3n) is 4.16. The zero-order chi connectivity index (χ0) is 20.2. The molecule has 2 aliphatic rings. The Labute approximate surface area is 168 Å². The van der Waals surface area contributed by atoms with Crippen LogP contribution >= 0.6 is 18.2 Å². The third-order valence-corrected chi connectivity index (χ3v) is 7.55. The van der Waals surface area contributed by atoms with Crippen molar-refractivity contribution in [3.8, 4) is 0 Å². The summed E-state index contributed by atoms with van der Waals surface area (Å²) in [4.78, 5) is 12.4. The van der Waals surface area contributed by atoms with E-state index >= 15 is 0 Å². The Morgan fingerprint density at radius 2 is 1.70 bits per heavy atom. The van der Waals surface area contributed by atoms with Crippen LogP contribution < -0.4 is 4.89 Å². The van der Waals surface area contributed by atoms with Gasteiger partial charge in [0.05, 0.1) is 37.6 Å². The molecule has 0 aliphatic carbocycles. The van der Waals surface area contributed by atoms with E-state index in [-0.39, 0.29) is 36.8 Å². The molecule has 152 valence electrons. The van der Waals surface area contributed by atoms with Gasteiger partial charge in [0.25, 0.3) is 0 Å². The molecule has 7 unspecified atom stereocenters. The first-order valence-electron chi connectivity index (χ1n) is 9.29. The second-order valence-corrected chi connectivity index (χ2v) is 11.3. The van der Waals surface area contributed by atoms with E-state index in [4.69, 9.17) is 39.2 Å². The first kappa shape index (κ1) is 23.7. The highest BCUT2D eigenvalue weighted by Gasteiger charge is 2.38. The quantitative estimate of drug-likeness (QED) is 0.389. The number of hydrogen-bond donors (Lipinski definition) is 0. The van der Waals surface area contributed by atoms with E-state index in [2.05, 4.69) is 0 Å². The lowest BCUT2D eigenvalue weighted by atomic mass is 9.96. The van der Waals surface area contributed by atoms with Crippen LogP contribution in [0.1, 0.15) is 40.5 Å². The summed E-state index contributed by atoms with van der Waals surface area (Å²) in [6.07, 6.45) is -0.287. The van der Waals surface area contributed by atoms with Crippen molar-refractivity contribution in [2.75, 3.05) is 13.2 Å². The zero-order valence-corrected chi connectivity index (χ0v) is 18.0. The summed E-state index contributed by atoms with van der Waals surface area (Å²) in [7, 11) is 11.6. The Balaban J connectivity index is 1.87. The van der Waals surface area contributed by atoms with Crippen molar-refractivity contribution in [3.05, 3.63) is 0 Å². The molecule has 4 radical (unpaired) electrons. The normalized spacial score (nSPS) is 36.6. The molecule has 27 heavy (non-hydrogen) atoms. The maximum atomic E-state index is 12.4. The van der Waals surface area contributed by atoms with Crippen molar-refractivity contribution >= 4 is 33.9 Å². The van der Waals surface area contributed by atoms with Crippen LogP contribution in [-0.4, -0.2) is 76.7 Å². The lowest BCUT2D eigenvalue weighted by molar-refractivity contribution is -0.193. The van der Waals surface area contributed by atoms with Crippen LogP contribution in [0.15, 0.2) is 0 Å². The van der Waals surface area contributed by atoms with Gasteiger partial charge in [0.1, 0.15) is 21.8 Å². The lowest BCUT2D eigenvalue weighted by Gasteiger charge is -2.29. The highest BCUT2D eigenvalue weighted by Crippen LogP contribution is 2.57. The molecule has 0 spiro atoms. The van der Waals surface area contributed by atoms with Crippen LogP contribution in [0.4, 0.5) is 0 Å². The molecule has 0 N–H and O–H groups in total. The Kier molecular flexibility index (Phi) is 9.22. The molecule has 2 heterocycles. The molecule has 0 saturated carbocycles. The fourth-order valence-corrected chi connectivity index (χ4v) is 6.34. The van der Waals surface area contributed by atoms with Crippen LogP contribution in [0.3, 0.4) is 0 Å². The highest BCUT2D eigenvalue weighted by molar-refractivity contribution is 8.54. The Morgan fingerprint density at radius 1 is 1.07 bits per heavy atom. The molecular weight excluding hydrogens is 389 g/mol. The molecule has 11 heteroatoms. The summed E-state index contributed by atoms with van der Waals surface area (Å²) in [5.41, 5.74) is 0. The summed E-state index contributed by atoms with van der Waals surface area (Å²) >= 11 is 0.737. The van der Waals surface area contributed by atoms with E-state index in [1.165, 1.54) is 0 Å². The van der Waals surface area contributed by atoms with Gasteiger partial charge >= 0.3 is 0 Å². The van der Waals surface area contributed by atoms with Gasteiger partial charge in [-0.25, -0.2) is 0 Å². The predicted octanol–water partition coefficient (Wildman–Crippen LogP) is 1.36. The van der Waals surface area contributed by atoms with Crippen molar-refractivity contribution in [3.63, 3.8) is 0 Å². The average Bonchev–Trinajstić information content (AvgIpc) is 3.04. The summed E-state index contributed by atoms with van der Waals surface area (Å²) in [5.74, 6) is 0. The van der Waals surface area contributed by atoms with Gasteiger partial charge in [0.15, 0.2) is 6.80 Å². The number of ether oxygens (including phenoxy) is 4. The van der Waals surface area contributed by atoms with Crippen molar-refractivity contribution in [1.29, 1.82) is 0 Å². The molecule has 0 amide bonds. The van der Waals surface area contributed by atoms with E-state index in [0.717, 1.165) is 11.4 Å². The molecule has 7 nitrogen and oxygen atoms in total. The van der Waals surface area contributed by atoms with Crippen molar-refractivity contribution in [2.24, 2.45) is 0 Å². The van der Waals surface area contributed by atoms with E-state index in [9.17, 15) is 9.46 Å². The Morgan fingerprint density at radius 3 is 2.33 bits per heavy atom. The topological polar surface area (TPSA) is 86.3 Å². The summed E-state index contributed by atoms with van der Waals surface area (Å²) < 4.78 is 40.1. The largest absolute Gasteiger partial charge is 0.770 e. The number of hydrogen-bond acceptors (Lipinski definition) is 8. The van der Waals surface area contributed by atoms with E-state index in [1.54, 1.807) is 0 Å². The van der Waals surface area contributed by atoms with Gasteiger partial charge in [0, 0.05) is 17.3 Å². The van der Waals surface area contributed by atoms with Gasteiger partial charge in [-0.2, -0.15) is 0 Å². The monoisotopic (exact) mass is 417 g/mol. The summed E-state index contributed by atoms with van der Waals surface area (Å²) in [6, 6.07) is -0.997.